The van der Waals surface area contributed by atoms with Crippen LogP contribution in [0.15, 0.2) is 30.3 Å². The van der Waals surface area contributed by atoms with Gasteiger partial charge in [0.1, 0.15) is 6.04 Å². The van der Waals surface area contributed by atoms with E-state index in [1.807, 2.05) is 44.2 Å². The van der Waals surface area contributed by atoms with E-state index in [9.17, 15) is 14.7 Å². The van der Waals surface area contributed by atoms with Crippen LogP contribution in [0.2, 0.25) is 0 Å². The maximum atomic E-state index is 13.0. The molecule has 2 amide bonds. The summed E-state index contributed by atoms with van der Waals surface area (Å²) in [5.41, 5.74) is 0.797. The molecule has 0 aliphatic carbocycles. The van der Waals surface area contributed by atoms with E-state index in [4.69, 9.17) is 0 Å². The van der Waals surface area contributed by atoms with Gasteiger partial charge in [-0.1, -0.05) is 44.2 Å². The second kappa shape index (κ2) is 8.83. The fourth-order valence-corrected chi connectivity index (χ4v) is 3.12. The van der Waals surface area contributed by atoms with E-state index in [0.717, 1.165) is 18.4 Å². The summed E-state index contributed by atoms with van der Waals surface area (Å²) in [4.78, 5) is 27.0. The Morgan fingerprint density at radius 1 is 1.29 bits per heavy atom. The van der Waals surface area contributed by atoms with Crippen LogP contribution in [-0.2, 0) is 9.59 Å². The summed E-state index contributed by atoms with van der Waals surface area (Å²) in [7, 11) is 0. The predicted molar refractivity (Wildman–Crippen MR) is 93.2 cm³/mol. The van der Waals surface area contributed by atoms with Crippen LogP contribution in [0.25, 0.3) is 0 Å². The van der Waals surface area contributed by atoms with Gasteiger partial charge in [-0.3, -0.25) is 9.59 Å². The summed E-state index contributed by atoms with van der Waals surface area (Å²) in [6, 6.07) is 8.71. The number of rotatable bonds is 6. The summed E-state index contributed by atoms with van der Waals surface area (Å²) < 4.78 is 0. The highest BCUT2D eigenvalue weighted by atomic mass is 16.3. The zero-order valence-electron chi connectivity index (χ0n) is 14.6. The molecule has 24 heavy (non-hydrogen) atoms. The van der Waals surface area contributed by atoms with Crippen molar-refractivity contribution >= 4 is 11.8 Å². The van der Waals surface area contributed by atoms with Crippen molar-refractivity contribution in [1.29, 1.82) is 0 Å². The van der Waals surface area contributed by atoms with Crippen molar-refractivity contribution in [2.24, 2.45) is 11.8 Å². The molecule has 1 heterocycles. The molecule has 1 aliphatic heterocycles. The number of hydrogen-bond acceptors (Lipinski definition) is 3. The fraction of sp³-hybridized carbons (Fsp3) is 0.579. The number of benzene rings is 1. The van der Waals surface area contributed by atoms with Crippen molar-refractivity contribution in [2.75, 3.05) is 19.7 Å². The first-order chi connectivity index (χ1) is 11.5. The van der Waals surface area contributed by atoms with E-state index in [1.165, 1.54) is 0 Å². The van der Waals surface area contributed by atoms with Crippen LogP contribution in [0.1, 0.15) is 44.7 Å². The molecule has 1 aliphatic rings. The van der Waals surface area contributed by atoms with Gasteiger partial charge < -0.3 is 15.3 Å². The van der Waals surface area contributed by atoms with Gasteiger partial charge in [0.15, 0.2) is 0 Å². The second-order valence-corrected chi connectivity index (χ2v) is 6.98. The lowest BCUT2D eigenvalue weighted by Crippen LogP contribution is -2.47. The quantitative estimate of drug-likeness (QED) is 0.838. The highest BCUT2D eigenvalue weighted by Crippen LogP contribution is 2.22. The molecule has 5 nitrogen and oxygen atoms in total. The van der Waals surface area contributed by atoms with Gasteiger partial charge in [0.05, 0.1) is 0 Å². The SMILES string of the molecule is CC(C)CC(=O)NC(C(=O)N1CCCC(CO)C1)c1ccccc1. The summed E-state index contributed by atoms with van der Waals surface area (Å²) >= 11 is 0. The predicted octanol–water partition coefficient (Wildman–Crippen LogP) is 2.12. The van der Waals surface area contributed by atoms with Crippen molar-refractivity contribution in [3.8, 4) is 0 Å². The first-order valence-electron chi connectivity index (χ1n) is 8.75. The van der Waals surface area contributed by atoms with E-state index in [1.54, 1.807) is 4.90 Å². The molecule has 5 heteroatoms. The number of carbonyl (C=O) groups excluding carboxylic acids is 2. The van der Waals surface area contributed by atoms with Crippen LogP contribution in [-0.4, -0.2) is 41.5 Å². The molecule has 132 valence electrons. The molecule has 0 radical (unpaired) electrons. The molecule has 0 spiro atoms. The lowest BCUT2D eigenvalue weighted by molar-refractivity contribution is -0.138. The zero-order chi connectivity index (χ0) is 17.5. The highest BCUT2D eigenvalue weighted by Gasteiger charge is 2.30. The Balaban J connectivity index is 2.15. The first kappa shape index (κ1) is 18.5. The second-order valence-electron chi connectivity index (χ2n) is 6.98. The maximum absolute atomic E-state index is 13.0. The number of aliphatic hydroxyl groups is 1. The van der Waals surface area contributed by atoms with Crippen LogP contribution >= 0.6 is 0 Å². The Bertz CT molecular complexity index is 545. The first-order valence-corrected chi connectivity index (χ1v) is 8.75. The molecule has 1 aromatic rings. The monoisotopic (exact) mass is 332 g/mol. The van der Waals surface area contributed by atoms with E-state index in [0.29, 0.717) is 19.5 Å². The Labute approximate surface area is 144 Å². The lowest BCUT2D eigenvalue weighted by atomic mass is 9.97. The summed E-state index contributed by atoms with van der Waals surface area (Å²) in [6.07, 6.45) is 2.23. The van der Waals surface area contributed by atoms with Crippen molar-refractivity contribution in [1.82, 2.24) is 10.2 Å². The Morgan fingerprint density at radius 2 is 2.00 bits per heavy atom. The molecule has 0 aromatic heterocycles. The van der Waals surface area contributed by atoms with Gasteiger partial charge in [-0.25, -0.2) is 0 Å². The van der Waals surface area contributed by atoms with Gasteiger partial charge in [-0.2, -0.15) is 0 Å². The van der Waals surface area contributed by atoms with Gasteiger partial charge in [0.25, 0.3) is 0 Å². The molecule has 2 unspecified atom stereocenters. The largest absolute Gasteiger partial charge is 0.396 e. The molecule has 1 saturated heterocycles. The van der Waals surface area contributed by atoms with Crippen molar-refractivity contribution in [3.63, 3.8) is 0 Å². The molecule has 1 fully saturated rings. The molecule has 2 rings (SSSR count). The number of carbonyl (C=O) groups is 2. The molecular formula is C19H28N2O3. The van der Waals surface area contributed by atoms with Gasteiger partial charge in [0, 0.05) is 26.1 Å². The number of aliphatic hydroxyl groups excluding tert-OH is 1. The van der Waals surface area contributed by atoms with Gasteiger partial charge in [-0.15, -0.1) is 0 Å². The minimum absolute atomic E-state index is 0.0866. The van der Waals surface area contributed by atoms with Gasteiger partial charge in [-0.05, 0) is 30.2 Å². The maximum Gasteiger partial charge on any atom is 0.249 e. The summed E-state index contributed by atoms with van der Waals surface area (Å²) in [5.74, 6) is 0.176. The minimum atomic E-state index is -0.658. The van der Waals surface area contributed by atoms with Crippen LogP contribution < -0.4 is 5.32 Å². The standard InChI is InChI=1S/C19H28N2O3/c1-14(2)11-17(23)20-18(16-8-4-3-5-9-16)19(24)21-10-6-7-15(12-21)13-22/h3-5,8-9,14-15,18,22H,6-7,10-13H2,1-2H3,(H,20,23). The van der Waals surface area contributed by atoms with Gasteiger partial charge >= 0.3 is 0 Å². The van der Waals surface area contributed by atoms with E-state index in [-0.39, 0.29) is 30.3 Å². The molecule has 2 N–H and O–H groups in total. The lowest BCUT2D eigenvalue weighted by Gasteiger charge is -2.34. The summed E-state index contributed by atoms with van der Waals surface area (Å²) in [6.45, 7) is 5.29. The third-order valence-corrected chi connectivity index (χ3v) is 4.37. The third-order valence-electron chi connectivity index (χ3n) is 4.37. The molecular weight excluding hydrogens is 304 g/mol. The van der Waals surface area contributed by atoms with E-state index in [2.05, 4.69) is 5.32 Å². The Hall–Kier alpha value is -1.88. The Morgan fingerprint density at radius 3 is 2.62 bits per heavy atom. The van der Waals surface area contributed by atoms with Gasteiger partial charge in [0.2, 0.25) is 11.8 Å². The fourth-order valence-electron chi connectivity index (χ4n) is 3.12. The average Bonchev–Trinajstić information content (AvgIpc) is 2.59. The number of piperidine rings is 1. The normalized spacial score (nSPS) is 19.2. The van der Waals surface area contributed by atoms with E-state index >= 15 is 0 Å². The van der Waals surface area contributed by atoms with Crippen LogP contribution in [0.5, 0.6) is 0 Å². The average molecular weight is 332 g/mol. The smallest absolute Gasteiger partial charge is 0.249 e. The number of likely N-dealkylation sites (tertiary alicyclic amines) is 1. The van der Waals surface area contributed by atoms with Crippen molar-refractivity contribution in [3.05, 3.63) is 35.9 Å². The summed E-state index contributed by atoms with van der Waals surface area (Å²) in [5, 5.41) is 12.3. The molecule has 1 aromatic carbocycles. The topological polar surface area (TPSA) is 69.6 Å². The van der Waals surface area contributed by atoms with Crippen LogP contribution in [0.4, 0.5) is 0 Å². The number of hydrogen-bond donors (Lipinski definition) is 2. The third kappa shape index (κ3) is 5.06. The molecule has 0 saturated carbocycles. The van der Waals surface area contributed by atoms with E-state index < -0.39 is 6.04 Å². The van der Waals surface area contributed by atoms with Crippen molar-refractivity contribution < 1.29 is 14.7 Å². The minimum Gasteiger partial charge on any atom is -0.396 e. The molecule has 0 bridgehead atoms. The number of nitrogens with one attached hydrogen (secondary N) is 1. The van der Waals surface area contributed by atoms with Crippen LogP contribution in [0, 0.1) is 11.8 Å². The Kier molecular flexibility index (Phi) is 6.79. The number of nitrogens with zero attached hydrogens (tertiary/aromatic N) is 1. The highest BCUT2D eigenvalue weighted by molar-refractivity contribution is 5.88. The van der Waals surface area contributed by atoms with Crippen molar-refractivity contribution in [2.45, 2.75) is 39.2 Å². The van der Waals surface area contributed by atoms with Crippen LogP contribution in [0.3, 0.4) is 0 Å². The zero-order valence-corrected chi connectivity index (χ0v) is 14.6. The number of amides is 2. The molecule has 2 atom stereocenters.